The van der Waals surface area contributed by atoms with Crippen LogP contribution in [-0.2, 0) is 11.3 Å². The van der Waals surface area contributed by atoms with Crippen molar-refractivity contribution in [1.29, 1.82) is 0 Å². The Morgan fingerprint density at radius 1 is 1.12 bits per heavy atom. The highest BCUT2D eigenvalue weighted by molar-refractivity contribution is 5.42. The molecule has 0 saturated heterocycles. The quantitative estimate of drug-likeness (QED) is 0.678. The summed E-state index contributed by atoms with van der Waals surface area (Å²) in [5.41, 5.74) is 2.57. The number of halogens is 1. The Labute approximate surface area is 140 Å². The Bertz CT molecular complexity index is 802. The van der Waals surface area contributed by atoms with Crippen LogP contribution < -0.4 is 4.74 Å². The minimum absolute atomic E-state index is 0.286. The van der Waals surface area contributed by atoms with E-state index in [1.165, 1.54) is 12.1 Å². The summed E-state index contributed by atoms with van der Waals surface area (Å²) in [6, 6.07) is 16.2. The lowest BCUT2D eigenvalue weighted by molar-refractivity contribution is 0.0522. The molecule has 2 aromatic carbocycles. The maximum absolute atomic E-state index is 13.7. The van der Waals surface area contributed by atoms with Crippen molar-refractivity contribution in [3.05, 3.63) is 77.7 Å². The van der Waals surface area contributed by atoms with Gasteiger partial charge in [-0.15, -0.1) is 5.10 Å². The lowest BCUT2D eigenvalue weighted by Crippen LogP contribution is -2.07. The maximum Gasteiger partial charge on any atom is 0.232 e. The summed E-state index contributed by atoms with van der Waals surface area (Å²) >= 11 is 0. The van der Waals surface area contributed by atoms with Crippen LogP contribution in [0.2, 0.25) is 0 Å². The summed E-state index contributed by atoms with van der Waals surface area (Å²) in [6.07, 6.45) is 1.49. The molecule has 3 aromatic rings. The molecule has 4 nitrogen and oxygen atoms in total. The van der Waals surface area contributed by atoms with Gasteiger partial charge in [-0.1, -0.05) is 30.3 Å². The predicted molar refractivity (Wildman–Crippen MR) is 89.7 cm³/mol. The molecule has 0 fully saturated rings. The van der Waals surface area contributed by atoms with Gasteiger partial charge in [0.15, 0.2) is 0 Å². The first-order chi connectivity index (χ1) is 11.7. The van der Waals surface area contributed by atoms with Crippen LogP contribution in [0.15, 0.2) is 60.8 Å². The third-order valence-corrected chi connectivity index (χ3v) is 3.79. The maximum atomic E-state index is 13.7. The summed E-state index contributed by atoms with van der Waals surface area (Å²) in [7, 11) is 1.56. The molecular weight excluding hydrogens is 307 g/mol. The second kappa shape index (κ2) is 7.27. The van der Waals surface area contributed by atoms with Crippen LogP contribution in [0.5, 0.6) is 5.88 Å². The van der Waals surface area contributed by atoms with Crippen molar-refractivity contribution < 1.29 is 13.9 Å². The number of nitrogens with zero attached hydrogens (tertiary/aromatic N) is 2. The fourth-order valence-corrected chi connectivity index (χ4v) is 2.50. The number of rotatable bonds is 6. The van der Waals surface area contributed by atoms with E-state index in [1.807, 2.05) is 37.3 Å². The topological polar surface area (TPSA) is 36.3 Å². The summed E-state index contributed by atoms with van der Waals surface area (Å²) in [5.74, 6) is 0.200. The van der Waals surface area contributed by atoms with E-state index in [-0.39, 0.29) is 11.9 Å². The van der Waals surface area contributed by atoms with Gasteiger partial charge in [0.2, 0.25) is 5.88 Å². The molecule has 24 heavy (non-hydrogen) atoms. The molecule has 0 aliphatic carbocycles. The van der Waals surface area contributed by atoms with Crippen LogP contribution >= 0.6 is 0 Å². The van der Waals surface area contributed by atoms with Crippen molar-refractivity contribution in [3.63, 3.8) is 0 Å². The van der Waals surface area contributed by atoms with Crippen LogP contribution in [0.4, 0.5) is 4.39 Å². The SMILES string of the molecule is COc1ccn(-c2ccc(F)cc2[C@@H](C)OCc2ccccc2)n1. The average molecular weight is 326 g/mol. The van der Waals surface area contributed by atoms with Gasteiger partial charge in [-0.05, 0) is 30.7 Å². The molecule has 0 aliphatic rings. The van der Waals surface area contributed by atoms with Gasteiger partial charge >= 0.3 is 0 Å². The first-order valence-corrected chi connectivity index (χ1v) is 7.72. The summed E-state index contributed by atoms with van der Waals surface area (Å²) in [5, 5.41) is 4.31. The molecule has 0 unspecified atom stereocenters. The van der Waals surface area contributed by atoms with Crippen molar-refractivity contribution in [2.24, 2.45) is 0 Å². The fourth-order valence-electron chi connectivity index (χ4n) is 2.50. The molecule has 1 atom stereocenters. The first kappa shape index (κ1) is 16.2. The van der Waals surface area contributed by atoms with E-state index in [2.05, 4.69) is 5.10 Å². The Kier molecular flexibility index (Phi) is 4.91. The number of hydrogen-bond acceptors (Lipinski definition) is 3. The molecule has 0 bridgehead atoms. The normalized spacial score (nSPS) is 12.1. The zero-order valence-corrected chi connectivity index (χ0v) is 13.6. The second-order valence-corrected chi connectivity index (χ2v) is 5.44. The molecule has 0 N–H and O–H groups in total. The van der Waals surface area contributed by atoms with Gasteiger partial charge in [-0.25, -0.2) is 9.07 Å². The molecule has 0 aliphatic heterocycles. The van der Waals surface area contributed by atoms with Crippen molar-refractivity contribution >= 4 is 0 Å². The molecule has 3 rings (SSSR count). The van der Waals surface area contributed by atoms with E-state index in [1.54, 1.807) is 30.1 Å². The van der Waals surface area contributed by atoms with Crippen LogP contribution in [0.25, 0.3) is 5.69 Å². The van der Waals surface area contributed by atoms with Crippen molar-refractivity contribution in [3.8, 4) is 11.6 Å². The zero-order chi connectivity index (χ0) is 16.9. The predicted octanol–water partition coefficient (Wildman–Crippen LogP) is 4.30. The Balaban J connectivity index is 1.84. The van der Waals surface area contributed by atoms with Crippen molar-refractivity contribution in [2.45, 2.75) is 19.6 Å². The van der Waals surface area contributed by atoms with Gasteiger partial charge in [0.05, 0.1) is 25.5 Å². The minimum atomic E-state index is -0.303. The van der Waals surface area contributed by atoms with Gasteiger partial charge in [0.1, 0.15) is 5.82 Å². The van der Waals surface area contributed by atoms with Gasteiger partial charge in [-0.2, -0.15) is 0 Å². The highest BCUT2D eigenvalue weighted by Crippen LogP contribution is 2.26. The third kappa shape index (κ3) is 3.63. The van der Waals surface area contributed by atoms with E-state index < -0.39 is 0 Å². The number of benzene rings is 2. The summed E-state index contributed by atoms with van der Waals surface area (Å²) in [4.78, 5) is 0. The molecular formula is C19H19FN2O2. The molecule has 0 amide bonds. The molecule has 124 valence electrons. The Morgan fingerprint density at radius 2 is 1.92 bits per heavy atom. The van der Waals surface area contributed by atoms with Crippen LogP contribution in [0.1, 0.15) is 24.2 Å². The summed E-state index contributed by atoms with van der Waals surface area (Å²) < 4.78 is 26.4. The second-order valence-electron chi connectivity index (χ2n) is 5.44. The molecule has 1 heterocycles. The lowest BCUT2D eigenvalue weighted by atomic mass is 10.1. The van der Waals surface area contributed by atoms with Gasteiger partial charge in [-0.3, -0.25) is 0 Å². The van der Waals surface area contributed by atoms with Gasteiger partial charge in [0.25, 0.3) is 0 Å². The van der Waals surface area contributed by atoms with Crippen molar-refractivity contribution in [1.82, 2.24) is 9.78 Å². The van der Waals surface area contributed by atoms with Gasteiger partial charge < -0.3 is 9.47 Å². The fraction of sp³-hybridized carbons (Fsp3) is 0.211. The largest absolute Gasteiger partial charge is 0.480 e. The molecule has 0 saturated carbocycles. The van der Waals surface area contributed by atoms with E-state index >= 15 is 0 Å². The number of aromatic nitrogens is 2. The van der Waals surface area contributed by atoms with E-state index in [4.69, 9.17) is 9.47 Å². The van der Waals surface area contributed by atoms with E-state index in [0.29, 0.717) is 12.5 Å². The highest BCUT2D eigenvalue weighted by atomic mass is 19.1. The third-order valence-electron chi connectivity index (χ3n) is 3.79. The van der Waals surface area contributed by atoms with Gasteiger partial charge in [0, 0.05) is 17.8 Å². The van der Waals surface area contributed by atoms with Crippen molar-refractivity contribution in [2.75, 3.05) is 7.11 Å². The number of hydrogen-bond donors (Lipinski definition) is 0. The standard InChI is InChI=1S/C19H19FN2O2/c1-14(24-13-15-6-4-3-5-7-15)17-12-16(20)8-9-18(17)22-11-10-19(21-22)23-2/h3-12,14H,13H2,1-2H3/t14-/m1/s1. The Hall–Kier alpha value is -2.66. The average Bonchev–Trinajstić information content (AvgIpc) is 3.09. The van der Waals surface area contributed by atoms with E-state index in [9.17, 15) is 4.39 Å². The molecule has 0 radical (unpaired) electrons. The van der Waals surface area contributed by atoms with E-state index in [0.717, 1.165) is 16.8 Å². The minimum Gasteiger partial charge on any atom is -0.480 e. The Morgan fingerprint density at radius 3 is 2.62 bits per heavy atom. The molecule has 0 spiro atoms. The monoisotopic (exact) mass is 326 g/mol. The van der Waals surface area contributed by atoms with Crippen LogP contribution in [0, 0.1) is 5.82 Å². The zero-order valence-electron chi connectivity index (χ0n) is 13.6. The lowest BCUT2D eigenvalue weighted by Gasteiger charge is -2.17. The number of methoxy groups -OCH3 is 1. The molecule has 1 aromatic heterocycles. The van der Waals surface area contributed by atoms with Crippen LogP contribution in [-0.4, -0.2) is 16.9 Å². The highest BCUT2D eigenvalue weighted by Gasteiger charge is 2.15. The first-order valence-electron chi connectivity index (χ1n) is 7.72. The molecule has 5 heteroatoms. The smallest absolute Gasteiger partial charge is 0.232 e. The van der Waals surface area contributed by atoms with Crippen LogP contribution in [0.3, 0.4) is 0 Å². The summed E-state index contributed by atoms with van der Waals surface area (Å²) in [6.45, 7) is 2.36. The number of ether oxygens (including phenoxy) is 2.